The highest BCUT2D eigenvalue weighted by Crippen LogP contribution is 2.37. The van der Waals surface area contributed by atoms with Gasteiger partial charge in [-0.25, -0.2) is 4.98 Å². The van der Waals surface area contributed by atoms with E-state index in [-0.39, 0.29) is 17.8 Å². The standard InChI is InChI=1S/C30H36N6O2S2/c1-20-15-23(5-9-31-20)28-24-16-21(3-4-25(24)33-34-28)17-27(38)30(39-2)8-13-35(19-30)18-26(37)22-6-11-36(12-7-22)29-32-10-14-40-29/h3-5,9-10,14-16,22,26,37H,6-8,11-13,17-19H2,1-2H3,(H,33,34)/t26?,30-/m0/s1. The second kappa shape index (κ2) is 11.6. The van der Waals surface area contributed by atoms with Gasteiger partial charge in [-0.05, 0) is 68.2 Å². The maximum atomic E-state index is 13.8. The first-order chi connectivity index (χ1) is 19.4. The molecule has 0 radical (unpaired) electrons. The number of anilines is 1. The molecular formula is C30H36N6O2S2. The van der Waals surface area contributed by atoms with Crippen molar-refractivity contribution in [3.05, 3.63) is 59.4 Å². The number of ketones is 1. The molecule has 2 aliphatic heterocycles. The summed E-state index contributed by atoms with van der Waals surface area (Å²) in [6.45, 7) is 6.01. The Morgan fingerprint density at radius 3 is 2.80 bits per heavy atom. The van der Waals surface area contributed by atoms with Gasteiger partial charge in [0.25, 0.3) is 0 Å². The molecule has 1 aromatic carbocycles. The first-order valence-corrected chi connectivity index (χ1v) is 16.1. The van der Waals surface area contributed by atoms with E-state index in [2.05, 4.69) is 42.3 Å². The molecule has 10 heteroatoms. The van der Waals surface area contributed by atoms with Gasteiger partial charge < -0.3 is 10.0 Å². The number of aromatic nitrogens is 4. The van der Waals surface area contributed by atoms with Gasteiger partial charge in [0.05, 0.1) is 16.4 Å². The number of H-pyrrole nitrogens is 1. The van der Waals surface area contributed by atoms with Crippen molar-refractivity contribution in [2.24, 2.45) is 5.92 Å². The molecule has 3 aromatic heterocycles. The zero-order valence-corrected chi connectivity index (χ0v) is 24.7. The van der Waals surface area contributed by atoms with Gasteiger partial charge in [-0.15, -0.1) is 23.1 Å². The fourth-order valence-corrected chi connectivity index (χ4v) is 7.82. The third-order valence-corrected chi connectivity index (χ3v) is 10.8. The second-order valence-electron chi connectivity index (χ2n) is 11.1. The number of rotatable bonds is 9. The Balaban J connectivity index is 1.09. The lowest BCUT2D eigenvalue weighted by Gasteiger charge is -2.35. The molecule has 2 fully saturated rings. The van der Waals surface area contributed by atoms with Gasteiger partial charge in [0.15, 0.2) is 10.9 Å². The van der Waals surface area contributed by atoms with E-state index in [9.17, 15) is 9.90 Å². The van der Waals surface area contributed by atoms with Gasteiger partial charge in [0.1, 0.15) is 5.69 Å². The zero-order valence-electron chi connectivity index (χ0n) is 23.0. The number of benzene rings is 1. The second-order valence-corrected chi connectivity index (χ2v) is 13.2. The van der Waals surface area contributed by atoms with Crippen LogP contribution in [0.1, 0.15) is 30.5 Å². The van der Waals surface area contributed by atoms with Gasteiger partial charge in [0, 0.05) is 73.6 Å². The smallest absolute Gasteiger partial charge is 0.185 e. The number of carbonyl (C=O) groups excluding carboxylic acids is 1. The average molecular weight is 577 g/mol. The number of thioether (sulfide) groups is 1. The lowest BCUT2D eigenvalue weighted by Crippen LogP contribution is -2.44. The maximum Gasteiger partial charge on any atom is 0.185 e. The highest BCUT2D eigenvalue weighted by Gasteiger charge is 2.44. The van der Waals surface area contributed by atoms with E-state index in [0.29, 0.717) is 19.5 Å². The Kier molecular flexibility index (Phi) is 7.94. The maximum absolute atomic E-state index is 13.8. The first-order valence-electron chi connectivity index (χ1n) is 14.0. The summed E-state index contributed by atoms with van der Waals surface area (Å²) in [5, 5.41) is 22.9. The van der Waals surface area contributed by atoms with Crippen LogP contribution >= 0.6 is 23.1 Å². The van der Waals surface area contributed by atoms with Crippen LogP contribution in [0.2, 0.25) is 0 Å². The van der Waals surface area contributed by atoms with Crippen LogP contribution in [0.4, 0.5) is 5.13 Å². The van der Waals surface area contributed by atoms with Gasteiger partial charge in [-0.1, -0.05) is 6.07 Å². The van der Waals surface area contributed by atoms with E-state index < -0.39 is 4.75 Å². The van der Waals surface area contributed by atoms with Crippen LogP contribution in [0.25, 0.3) is 22.2 Å². The molecule has 0 aliphatic carbocycles. The van der Waals surface area contributed by atoms with E-state index in [4.69, 9.17) is 0 Å². The Labute approximate surface area is 243 Å². The predicted octanol–water partition coefficient (Wildman–Crippen LogP) is 4.59. The Morgan fingerprint density at radius 1 is 1.20 bits per heavy atom. The lowest BCUT2D eigenvalue weighted by atomic mass is 9.91. The quantitative estimate of drug-likeness (QED) is 0.299. The number of aliphatic hydroxyl groups excluding tert-OH is 1. The number of likely N-dealkylation sites (tertiary alicyclic amines) is 1. The van der Waals surface area contributed by atoms with Crippen molar-refractivity contribution in [2.45, 2.75) is 43.5 Å². The molecule has 1 unspecified atom stereocenters. The largest absolute Gasteiger partial charge is 0.392 e. The summed E-state index contributed by atoms with van der Waals surface area (Å²) in [5.41, 5.74) is 4.80. The highest BCUT2D eigenvalue weighted by atomic mass is 32.2. The molecule has 2 atom stereocenters. The van der Waals surface area contributed by atoms with E-state index in [1.807, 2.05) is 42.8 Å². The number of aliphatic hydroxyl groups is 1. The molecule has 2 saturated heterocycles. The van der Waals surface area contributed by atoms with Gasteiger partial charge in [-0.2, -0.15) is 5.10 Å². The zero-order chi connectivity index (χ0) is 27.7. The van der Waals surface area contributed by atoms with Gasteiger partial charge in [-0.3, -0.25) is 19.8 Å². The molecule has 6 rings (SSSR count). The summed E-state index contributed by atoms with van der Waals surface area (Å²) in [7, 11) is 0. The molecule has 2 aliphatic rings. The van der Waals surface area contributed by atoms with E-state index in [1.54, 1.807) is 29.3 Å². The van der Waals surface area contributed by atoms with Crippen LogP contribution in [0.3, 0.4) is 0 Å². The summed E-state index contributed by atoms with van der Waals surface area (Å²) in [4.78, 5) is 27.1. The number of aromatic amines is 1. The number of carbonyl (C=O) groups is 1. The molecule has 2 N–H and O–H groups in total. The number of Topliss-reactive ketones (excluding diaryl/α,β-unsaturated/α-hetero) is 1. The minimum Gasteiger partial charge on any atom is -0.392 e. The van der Waals surface area contributed by atoms with Crippen molar-refractivity contribution in [1.82, 2.24) is 25.1 Å². The summed E-state index contributed by atoms with van der Waals surface area (Å²) in [6, 6.07) is 10.1. The number of thiazole rings is 1. The number of nitrogens with one attached hydrogen (secondary N) is 1. The van der Waals surface area contributed by atoms with Crippen molar-refractivity contribution in [3.63, 3.8) is 0 Å². The third kappa shape index (κ3) is 5.54. The van der Waals surface area contributed by atoms with Crippen molar-refractivity contribution in [3.8, 4) is 11.3 Å². The number of hydrogen-bond acceptors (Lipinski definition) is 9. The van der Waals surface area contributed by atoms with Crippen molar-refractivity contribution >= 4 is 44.9 Å². The molecule has 40 heavy (non-hydrogen) atoms. The van der Waals surface area contributed by atoms with Crippen LogP contribution in [0.5, 0.6) is 0 Å². The fraction of sp³-hybridized carbons (Fsp3) is 0.467. The molecular weight excluding hydrogens is 541 g/mol. The minimum atomic E-state index is -0.440. The summed E-state index contributed by atoms with van der Waals surface area (Å²) in [5.74, 6) is 0.550. The lowest BCUT2D eigenvalue weighted by molar-refractivity contribution is -0.120. The molecule has 8 nitrogen and oxygen atoms in total. The van der Waals surface area contributed by atoms with Crippen molar-refractivity contribution < 1.29 is 9.90 Å². The highest BCUT2D eigenvalue weighted by molar-refractivity contribution is 8.00. The average Bonchev–Trinajstić information content (AvgIpc) is 3.73. The van der Waals surface area contributed by atoms with Crippen LogP contribution in [-0.4, -0.2) is 85.8 Å². The predicted molar refractivity (Wildman–Crippen MR) is 163 cm³/mol. The first kappa shape index (κ1) is 27.4. The number of pyridine rings is 1. The molecule has 4 aromatic rings. The van der Waals surface area contributed by atoms with Crippen LogP contribution in [-0.2, 0) is 11.2 Å². The number of hydrogen-bond donors (Lipinski definition) is 2. The van der Waals surface area contributed by atoms with Gasteiger partial charge >= 0.3 is 0 Å². The number of piperidine rings is 1. The van der Waals surface area contributed by atoms with Crippen LogP contribution < -0.4 is 4.90 Å². The Hall–Kier alpha value is -2.79. The summed E-state index contributed by atoms with van der Waals surface area (Å²) < 4.78 is -0.440. The molecule has 0 bridgehead atoms. The molecule has 5 heterocycles. The van der Waals surface area contributed by atoms with Gasteiger partial charge in [0.2, 0.25) is 0 Å². The van der Waals surface area contributed by atoms with E-state index >= 15 is 0 Å². The Bertz CT molecular complexity index is 1470. The fourth-order valence-electron chi connectivity index (χ4n) is 6.21. The molecule has 0 saturated carbocycles. The number of nitrogens with zero attached hydrogens (tertiary/aromatic N) is 5. The number of β-amino-alcohol motifs (C(OH)–C–C–N with tert-alkyl or cyclic N) is 1. The molecule has 0 spiro atoms. The SMILES string of the molecule is CS[C@@]1(C(=O)Cc2ccc3[nH]nc(-c4ccnc(C)c4)c3c2)CCN(CC(O)C2CCN(c3nccs3)CC2)C1. The minimum absolute atomic E-state index is 0.262. The molecule has 0 amide bonds. The topological polar surface area (TPSA) is 98.2 Å². The number of aryl methyl sites for hydroxylation is 1. The summed E-state index contributed by atoms with van der Waals surface area (Å²) >= 11 is 3.34. The third-order valence-electron chi connectivity index (χ3n) is 8.59. The molecule has 210 valence electrons. The van der Waals surface area contributed by atoms with Crippen molar-refractivity contribution in [1.29, 1.82) is 0 Å². The monoisotopic (exact) mass is 576 g/mol. The number of fused-ring (bicyclic) bond motifs is 1. The normalized spacial score (nSPS) is 21.3. The van der Waals surface area contributed by atoms with E-state index in [1.165, 1.54) is 0 Å². The van der Waals surface area contributed by atoms with E-state index in [0.717, 1.165) is 77.4 Å². The van der Waals surface area contributed by atoms with Crippen LogP contribution in [0, 0.1) is 12.8 Å². The van der Waals surface area contributed by atoms with Crippen LogP contribution in [0.15, 0.2) is 48.1 Å². The Morgan fingerprint density at radius 2 is 2.05 bits per heavy atom. The van der Waals surface area contributed by atoms with Crippen molar-refractivity contribution in [2.75, 3.05) is 43.9 Å². The summed E-state index contributed by atoms with van der Waals surface area (Å²) in [6.07, 6.45) is 8.48.